The van der Waals surface area contributed by atoms with Gasteiger partial charge in [-0.15, -0.1) is 0 Å². The van der Waals surface area contributed by atoms with Crippen LogP contribution in [0.4, 0.5) is 4.39 Å². The molecule has 2 aromatic carbocycles. The molecule has 0 saturated heterocycles. The van der Waals surface area contributed by atoms with Crippen molar-refractivity contribution in [1.82, 2.24) is 4.90 Å². The lowest BCUT2D eigenvalue weighted by atomic mass is 9.91. The summed E-state index contributed by atoms with van der Waals surface area (Å²) in [5.41, 5.74) is 2.22. The number of benzene rings is 2. The van der Waals surface area contributed by atoms with E-state index in [0.29, 0.717) is 31.0 Å². The van der Waals surface area contributed by atoms with Crippen LogP contribution < -0.4 is 0 Å². The largest absolute Gasteiger partial charge is 0.390 e. The second-order valence-electron chi connectivity index (χ2n) is 8.59. The Balaban J connectivity index is 1.71. The van der Waals surface area contributed by atoms with E-state index in [1.807, 2.05) is 51.1 Å². The van der Waals surface area contributed by atoms with Gasteiger partial charge in [0.1, 0.15) is 5.82 Å². The third-order valence-corrected chi connectivity index (χ3v) is 4.97. The highest BCUT2D eigenvalue weighted by Crippen LogP contribution is 2.25. The summed E-state index contributed by atoms with van der Waals surface area (Å²) in [5, 5.41) is 4.81. The van der Waals surface area contributed by atoms with E-state index < -0.39 is 0 Å². The second-order valence-corrected chi connectivity index (χ2v) is 9.00. The van der Waals surface area contributed by atoms with Crippen molar-refractivity contribution in [3.63, 3.8) is 0 Å². The van der Waals surface area contributed by atoms with Crippen LogP contribution in [-0.4, -0.2) is 29.2 Å². The van der Waals surface area contributed by atoms with E-state index in [1.54, 1.807) is 11.0 Å². The van der Waals surface area contributed by atoms with Crippen molar-refractivity contribution in [3.8, 4) is 0 Å². The molecule has 1 amide bonds. The molecule has 0 unspecified atom stereocenters. The molecule has 0 aromatic heterocycles. The van der Waals surface area contributed by atoms with Gasteiger partial charge in [-0.05, 0) is 29.2 Å². The molecular weight excluding hydrogens is 391 g/mol. The molecule has 2 aromatic rings. The van der Waals surface area contributed by atoms with Gasteiger partial charge in [-0.3, -0.25) is 4.79 Å². The molecule has 1 atom stereocenters. The SMILES string of the molecule is CC(C)(C)CC(=O)N(Cc1cccc(F)c1)C[C@H]1CC(c2ccccc2Cl)=NO1. The number of rotatable bonds is 6. The van der Waals surface area contributed by atoms with Crippen LogP contribution in [0.25, 0.3) is 0 Å². The van der Waals surface area contributed by atoms with Gasteiger partial charge in [-0.25, -0.2) is 4.39 Å². The second kappa shape index (κ2) is 8.95. The molecule has 6 heteroatoms. The minimum atomic E-state index is -0.313. The molecule has 4 nitrogen and oxygen atoms in total. The summed E-state index contributed by atoms with van der Waals surface area (Å²) >= 11 is 6.27. The summed E-state index contributed by atoms with van der Waals surface area (Å²) < 4.78 is 13.6. The van der Waals surface area contributed by atoms with E-state index in [-0.39, 0.29) is 23.2 Å². The fraction of sp³-hybridized carbons (Fsp3) is 0.391. The summed E-state index contributed by atoms with van der Waals surface area (Å²) in [6.45, 7) is 6.78. The average Bonchev–Trinajstić information content (AvgIpc) is 3.08. The van der Waals surface area contributed by atoms with Crippen molar-refractivity contribution >= 4 is 23.2 Å². The topological polar surface area (TPSA) is 41.9 Å². The smallest absolute Gasteiger partial charge is 0.223 e. The minimum Gasteiger partial charge on any atom is -0.390 e. The van der Waals surface area contributed by atoms with Crippen LogP contribution in [0.1, 0.15) is 44.7 Å². The predicted molar refractivity (Wildman–Crippen MR) is 113 cm³/mol. The number of amides is 1. The number of halogens is 2. The van der Waals surface area contributed by atoms with Crippen molar-refractivity contribution in [2.75, 3.05) is 6.54 Å². The summed E-state index contributed by atoms with van der Waals surface area (Å²) in [4.78, 5) is 20.3. The molecule has 0 radical (unpaired) electrons. The number of hydrogen-bond donors (Lipinski definition) is 0. The Labute approximate surface area is 176 Å². The zero-order chi connectivity index (χ0) is 21.0. The van der Waals surface area contributed by atoms with Crippen molar-refractivity contribution in [3.05, 3.63) is 70.5 Å². The van der Waals surface area contributed by atoms with Crippen LogP contribution in [0.5, 0.6) is 0 Å². The van der Waals surface area contributed by atoms with E-state index in [0.717, 1.165) is 16.8 Å². The van der Waals surface area contributed by atoms with Gasteiger partial charge in [0.15, 0.2) is 6.10 Å². The summed E-state index contributed by atoms with van der Waals surface area (Å²) in [6.07, 6.45) is 0.693. The monoisotopic (exact) mass is 416 g/mol. The lowest BCUT2D eigenvalue weighted by Crippen LogP contribution is -2.38. The third kappa shape index (κ3) is 6.04. The normalized spacial score (nSPS) is 16.3. The van der Waals surface area contributed by atoms with E-state index in [4.69, 9.17) is 16.4 Å². The maximum Gasteiger partial charge on any atom is 0.223 e. The van der Waals surface area contributed by atoms with Gasteiger partial charge >= 0.3 is 0 Å². The highest BCUT2D eigenvalue weighted by molar-refractivity contribution is 6.34. The van der Waals surface area contributed by atoms with Crippen LogP contribution in [0, 0.1) is 11.2 Å². The number of hydrogen-bond acceptors (Lipinski definition) is 3. The first-order valence-electron chi connectivity index (χ1n) is 9.71. The van der Waals surface area contributed by atoms with Gasteiger partial charge in [0, 0.05) is 30.0 Å². The first-order valence-corrected chi connectivity index (χ1v) is 10.1. The summed E-state index contributed by atoms with van der Waals surface area (Å²) in [5.74, 6) is -0.302. The number of nitrogens with zero attached hydrogens (tertiary/aromatic N) is 2. The van der Waals surface area contributed by atoms with Crippen LogP contribution in [0.2, 0.25) is 5.02 Å². The lowest BCUT2D eigenvalue weighted by Gasteiger charge is -2.28. The molecule has 1 aliphatic heterocycles. The summed E-state index contributed by atoms with van der Waals surface area (Å²) in [7, 11) is 0. The molecule has 1 heterocycles. The van der Waals surface area contributed by atoms with Gasteiger partial charge in [0.25, 0.3) is 0 Å². The Morgan fingerprint density at radius 1 is 1.24 bits per heavy atom. The molecular formula is C23H26ClFN2O2. The van der Waals surface area contributed by atoms with Crippen molar-refractivity contribution in [2.45, 2.75) is 46.3 Å². The molecule has 0 fully saturated rings. The van der Waals surface area contributed by atoms with Crippen LogP contribution in [0.15, 0.2) is 53.7 Å². The van der Waals surface area contributed by atoms with E-state index >= 15 is 0 Å². The molecule has 0 aliphatic carbocycles. The molecule has 29 heavy (non-hydrogen) atoms. The van der Waals surface area contributed by atoms with Gasteiger partial charge in [0.2, 0.25) is 5.91 Å². The molecule has 0 bridgehead atoms. The first kappa shape index (κ1) is 21.3. The Bertz CT molecular complexity index is 908. The van der Waals surface area contributed by atoms with Gasteiger partial charge in [0.05, 0.1) is 12.3 Å². The van der Waals surface area contributed by atoms with E-state index in [2.05, 4.69) is 5.16 Å². The number of carbonyl (C=O) groups is 1. The fourth-order valence-electron chi connectivity index (χ4n) is 3.30. The average molecular weight is 417 g/mol. The number of oxime groups is 1. The molecule has 0 spiro atoms. The third-order valence-electron chi connectivity index (χ3n) is 4.64. The van der Waals surface area contributed by atoms with Crippen molar-refractivity contribution in [2.24, 2.45) is 10.6 Å². The maximum absolute atomic E-state index is 13.6. The van der Waals surface area contributed by atoms with Gasteiger partial charge in [-0.1, -0.05) is 67.9 Å². The maximum atomic E-state index is 13.6. The van der Waals surface area contributed by atoms with Crippen molar-refractivity contribution in [1.29, 1.82) is 0 Å². The van der Waals surface area contributed by atoms with Crippen LogP contribution in [-0.2, 0) is 16.2 Å². The van der Waals surface area contributed by atoms with E-state index in [1.165, 1.54) is 12.1 Å². The molecule has 0 N–H and O–H groups in total. The Kier molecular flexibility index (Phi) is 6.58. The Morgan fingerprint density at radius 2 is 2.00 bits per heavy atom. The van der Waals surface area contributed by atoms with Gasteiger partial charge < -0.3 is 9.74 Å². The highest BCUT2D eigenvalue weighted by Gasteiger charge is 2.29. The molecule has 3 rings (SSSR count). The molecule has 154 valence electrons. The molecule has 1 aliphatic rings. The van der Waals surface area contributed by atoms with Gasteiger partial charge in [-0.2, -0.15) is 0 Å². The standard InChI is InChI=1S/C23H26ClFN2O2/c1-23(2,3)13-22(28)27(14-16-7-6-8-17(25)11-16)15-18-12-21(26-29-18)19-9-4-5-10-20(19)24/h4-11,18H,12-15H2,1-3H3/t18-/m1/s1. The van der Waals surface area contributed by atoms with Crippen LogP contribution >= 0.6 is 11.6 Å². The highest BCUT2D eigenvalue weighted by atomic mass is 35.5. The van der Waals surface area contributed by atoms with Crippen LogP contribution in [0.3, 0.4) is 0 Å². The predicted octanol–water partition coefficient (Wildman–Crippen LogP) is 5.44. The number of carbonyl (C=O) groups excluding carboxylic acids is 1. The fourth-order valence-corrected chi connectivity index (χ4v) is 3.55. The quantitative estimate of drug-likeness (QED) is 0.629. The van der Waals surface area contributed by atoms with Crippen molar-refractivity contribution < 1.29 is 14.0 Å². The Hall–Kier alpha value is -2.40. The zero-order valence-electron chi connectivity index (χ0n) is 17.0. The first-order chi connectivity index (χ1) is 13.7. The molecule has 0 saturated carbocycles. The minimum absolute atomic E-state index is 0.0107. The zero-order valence-corrected chi connectivity index (χ0v) is 17.7. The summed E-state index contributed by atoms with van der Waals surface area (Å²) in [6, 6.07) is 13.8. The van der Waals surface area contributed by atoms with E-state index in [9.17, 15) is 9.18 Å². The Morgan fingerprint density at radius 3 is 2.69 bits per heavy atom. The lowest BCUT2D eigenvalue weighted by molar-refractivity contribution is -0.135.